The largest absolute Gasteiger partial charge is 0.309 e. The molecule has 298 valence electrons. The number of benzene rings is 8. The number of hydrogen-bond acceptors (Lipinski definition) is 4. The van der Waals surface area contributed by atoms with Gasteiger partial charge in [0.05, 0.1) is 22.7 Å². The maximum atomic E-state index is 9.91. The molecule has 63 heavy (non-hydrogen) atoms. The molecule has 1 fully saturated rings. The van der Waals surface area contributed by atoms with Gasteiger partial charge in [-0.3, -0.25) is 0 Å². The summed E-state index contributed by atoms with van der Waals surface area (Å²) in [7, 11) is 0. The van der Waals surface area contributed by atoms with Crippen molar-refractivity contribution in [2.75, 3.05) is 0 Å². The van der Waals surface area contributed by atoms with E-state index in [-0.39, 0.29) is 5.41 Å². The van der Waals surface area contributed by atoms with Crippen LogP contribution in [0.4, 0.5) is 0 Å². The lowest BCUT2D eigenvalue weighted by atomic mass is 9.67. The molecule has 2 aliphatic carbocycles. The minimum absolute atomic E-state index is 0.0935. The van der Waals surface area contributed by atoms with E-state index in [9.17, 15) is 5.26 Å². The fourth-order valence-corrected chi connectivity index (χ4v) is 10.6. The molecule has 0 aliphatic heterocycles. The molecule has 5 nitrogen and oxygen atoms in total. The van der Waals surface area contributed by atoms with Crippen LogP contribution in [0.2, 0.25) is 0 Å². The van der Waals surface area contributed by atoms with Gasteiger partial charge in [0.2, 0.25) is 0 Å². The number of fused-ring (bicyclic) bond motifs is 8. The summed E-state index contributed by atoms with van der Waals surface area (Å²) in [5, 5.41) is 12.3. The van der Waals surface area contributed by atoms with E-state index in [4.69, 9.17) is 15.0 Å². The Hall–Kier alpha value is -7.94. The van der Waals surface area contributed by atoms with E-state index >= 15 is 0 Å². The van der Waals surface area contributed by atoms with Crippen molar-refractivity contribution in [3.05, 3.63) is 205 Å². The molecule has 2 aliphatic rings. The number of nitrogens with zero attached hydrogens (tertiary/aromatic N) is 5. The van der Waals surface area contributed by atoms with Gasteiger partial charge >= 0.3 is 0 Å². The lowest BCUT2D eigenvalue weighted by molar-refractivity contribution is 0.353. The van der Waals surface area contributed by atoms with Gasteiger partial charge in [0, 0.05) is 38.6 Å². The molecular formula is C58H41N5. The van der Waals surface area contributed by atoms with Crippen LogP contribution in [0.5, 0.6) is 0 Å². The maximum Gasteiger partial charge on any atom is 0.164 e. The highest BCUT2D eigenvalue weighted by Crippen LogP contribution is 2.57. The highest BCUT2D eigenvalue weighted by molar-refractivity contribution is 6.10. The highest BCUT2D eigenvalue weighted by Gasteiger charge is 2.44. The normalized spacial score (nSPS) is 13.8. The average molecular weight is 808 g/mol. The van der Waals surface area contributed by atoms with Crippen LogP contribution in [0.3, 0.4) is 0 Å². The summed E-state index contributed by atoms with van der Waals surface area (Å²) in [5.41, 5.74) is 16.5. The van der Waals surface area contributed by atoms with Crippen molar-refractivity contribution in [2.45, 2.75) is 37.5 Å². The van der Waals surface area contributed by atoms with Gasteiger partial charge in [0.25, 0.3) is 0 Å². The Bertz CT molecular complexity index is 3440. The molecule has 1 spiro atoms. The van der Waals surface area contributed by atoms with E-state index in [0.717, 1.165) is 68.6 Å². The van der Waals surface area contributed by atoms with Crippen LogP contribution in [0.25, 0.3) is 95.0 Å². The zero-order valence-corrected chi connectivity index (χ0v) is 34.7. The predicted molar refractivity (Wildman–Crippen MR) is 255 cm³/mol. The molecular weight excluding hydrogens is 767 g/mol. The minimum atomic E-state index is -0.0935. The predicted octanol–water partition coefficient (Wildman–Crippen LogP) is 14.4. The molecule has 5 heteroatoms. The van der Waals surface area contributed by atoms with Crippen molar-refractivity contribution in [1.82, 2.24) is 19.5 Å². The zero-order valence-electron chi connectivity index (χ0n) is 34.7. The third-order valence-corrected chi connectivity index (χ3v) is 13.5. The Kier molecular flexibility index (Phi) is 8.72. The zero-order chi connectivity index (χ0) is 41.9. The van der Waals surface area contributed by atoms with E-state index in [1.165, 1.54) is 57.8 Å². The molecule has 2 heterocycles. The Morgan fingerprint density at radius 2 is 0.952 bits per heavy atom. The molecule has 0 unspecified atom stereocenters. The summed E-state index contributed by atoms with van der Waals surface area (Å²) in [6.45, 7) is 0. The smallest absolute Gasteiger partial charge is 0.164 e. The van der Waals surface area contributed by atoms with Gasteiger partial charge in [-0.2, -0.15) is 5.26 Å². The van der Waals surface area contributed by atoms with Gasteiger partial charge in [0.15, 0.2) is 17.5 Å². The first-order chi connectivity index (χ1) is 31.2. The van der Waals surface area contributed by atoms with Crippen molar-refractivity contribution in [3.63, 3.8) is 0 Å². The number of rotatable bonds is 6. The number of aromatic nitrogens is 4. The van der Waals surface area contributed by atoms with E-state index < -0.39 is 0 Å². The Morgan fingerprint density at radius 1 is 0.413 bits per heavy atom. The van der Waals surface area contributed by atoms with Crippen LogP contribution in [-0.4, -0.2) is 19.5 Å². The third kappa shape index (κ3) is 6.02. The second kappa shape index (κ2) is 14.9. The minimum Gasteiger partial charge on any atom is -0.309 e. The first-order valence-electron chi connectivity index (χ1n) is 22.0. The molecule has 0 saturated heterocycles. The first kappa shape index (κ1) is 36.9. The molecule has 1 saturated carbocycles. The Morgan fingerprint density at radius 3 is 1.65 bits per heavy atom. The molecule has 0 N–H and O–H groups in total. The number of hydrogen-bond donors (Lipinski definition) is 0. The van der Waals surface area contributed by atoms with Crippen molar-refractivity contribution in [2.24, 2.45) is 0 Å². The van der Waals surface area contributed by atoms with Crippen LogP contribution in [0.15, 0.2) is 188 Å². The van der Waals surface area contributed by atoms with Gasteiger partial charge in [-0.1, -0.05) is 165 Å². The van der Waals surface area contributed by atoms with E-state index in [1.807, 2.05) is 24.3 Å². The van der Waals surface area contributed by atoms with Crippen LogP contribution in [0, 0.1) is 11.3 Å². The van der Waals surface area contributed by atoms with Crippen LogP contribution in [0.1, 0.15) is 48.8 Å². The molecule has 2 aromatic heterocycles. The average Bonchev–Trinajstić information content (AvgIpc) is 3.83. The van der Waals surface area contributed by atoms with Crippen LogP contribution >= 0.6 is 0 Å². The lowest BCUT2D eigenvalue weighted by Gasteiger charge is -2.36. The molecule has 0 atom stereocenters. The van der Waals surface area contributed by atoms with Crippen LogP contribution < -0.4 is 0 Å². The standard InChI is InChI=1S/C58H41N5/c59-37-38-26-29-45-46-30-27-40(35-52(46)58(51(45)34-38)32-14-3-15-33-58)43-20-8-10-23-49(43)56-60-55(39-16-4-1-5-17-39)61-57(62-56)50-24-11-9-21-44(50)41-28-31-48-47-22-12-13-25-53(47)63(54(48)36-41)42-18-6-2-7-19-42/h1-2,4-13,16-31,34-36H,3,14-15,32-33H2. The third-order valence-electron chi connectivity index (χ3n) is 13.5. The molecule has 8 aromatic carbocycles. The summed E-state index contributed by atoms with van der Waals surface area (Å²) < 4.78 is 2.36. The summed E-state index contributed by atoms with van der Waals surface area (Å²) >= 11 is 0. The van der Waals surface area contributed by atoms with Gasteiger partial charge in [-0.15, -0.1) is 0 Å². The van der Waals surface area contributed by atoms with Crippen molar-refractivity contribution in [3.8, 4) is 79.3 Å². The topological polar surface area (TPSA) is 67.4 Å². The van der Waals surface area contributed by atoms with E-state index in [0.29, 0.717) is 17.5 Å². The highest BCUT2D eigenvalue weighted by atomic mass is 15.0. The van der Waals surface area contributed by atoms with Crippen molar-refractivity contribution >= 4 is 21.8 Å². The van der Waals surface area contributed by atoms with Crippen molar-refractivity contribution < 1.29 is 0 Å². The summed E-state index contributed by atoms with van der Waals surface area (Å²) in [4.78, 5) is 15.9. The second-order valence-corrected chi connectivity index (χ2v) is 17.0. The Labute approximate surface area is 366 Å². The molecule has 12 rings (SSSR count). The van der Waals surface area contributed by atoms with Crippen LogP contribution in [-0.2, 0) is 5.41 Å². The Balaban J connectivity index is 1.02. The summed E-state index contributed by atoms with van der Waals surface area (Å²) in [6, 6.07) is 68.9. The molecule has 0 bridgehead atoms. The molecule has 0 amide bonds. The second-order valence-electron chi connectivity index (χ2n) is 17.0. The molecule has 0 radical (unpaired) electrons. The van der Waals surface area contributed by atoms with Gasteiger partial charge < -0.3 is 4.57 Å². The summed E-state index contributed by atoms with van der Waals surface area (Å²) in [6.07, 6.45) is 5.78. The molecule has 10 aromatic rings. The first-order valence-corrected chi connectivity index (χ1v) is 22.0. The fourth-order valence-electron chi connectivity index (χ4n) is 10.6. The maximum absolute atomic E-state index is 9.91. The van der Waals surface area contributed by atoms with Gasteiger partial charge in [-0.05, 0) is 99.8 Å². The quantitative estimate of drug-likeness (QED) is 0.168. The monoisotopic (exact) mass is 807 g/mol. The summed E-state index contributed by atoms with van der Waals surface area (Å²) in [5.74, 6) is 1.87. The lowest BCUT2D eigenvalue weighted by Crippen LogP contribution is -2.28. The van der Waals surface area contributed by atoms with E-state index in [1.54, 1.807) is 0 Å². The fraction of sp³-hybridized carbons (Fsp3) is 0.103. The van der Waals surface area contributed by atoms with Gasteiger partial charge in [-0.25, -0.2) is 15.0 Å². The van der Waals surface area contributed by atoms with Crippen molar-refractivity contribution in [1.29, 1.82) is 5.26 Å². The number of para-hydroxylation sites is 2. The number of nitriles is 1. The van der Waals surface area contributed by atoms with Gasteiger partial charge in [0.1, 0.15) is 0 Å². The SMILES string of the molecule is N#Cc1ccc2c(c1)C1(CCCCC1)c1cc(-c3ccccc3-c3nc(-c4ccccc4)nc(-c4ccccc4-c4ccc5c6ccccc6n(-c6ccccc6)c5c4)n3)ccc1-2. The van der Waals surface area contributed by atoms with E-state index in [2.05, 4.69) is 174 Å².